The molecule has 1 aromatic rings. The van der Waals surface area contributed by atoms with Gasteiger partial charge in [0.2, 0.25) is 0 Å². The van der Waals surface area contributed by atoms with E-state index in [9.17, 15) is 4.79 Å². The molecule has 0 unspecified atom stereocenters. The fourth-order valence-corrected chi connectivity index (χ4v) is 2.23. The van der Waals surface area contributed by atoms with Crippen molar-refractivity contribution in [2.45, 2.75) is 32.9 Å². The molecule has 5 nitrogen and oxygen atoms in total. The predicted octanol–water partition coefficient (Wildman–Crippen LogP) is 2.34. The van der Waals surface area contributed by atoms with Crippen molar-refractivity contribution in [3.63, 3.8) is 0 Å². The minimum Gasteiger partial charge on any atom is -0.443 e. The van der Waals surface area contributed by atoms with Crippen molar-refractivity contribution in [1.29, 1.82) is 0 Å². The third kappa shape index (κ3) is 3.04. The number of amides is 1. The lowest BCUT2D eigenvalue weighted by molar-refractivity contribution is 0.0580. The van der Waals surface area contributed by atoms with Crippen LogP contribution in [0.15, 0.2) is 18.2 Å². The van der Waals surface area contributed by atoms with Gasteiger partial charge in [0.1, 0.15) is 5.60 Å². The lowest BCUT2D eigenvalue weighted by Gasteiger charge is -2.36. The normalized spacial score (nSPS) is 15.1. The number of fused-ring (bicyclic) bond motifs is 1. The number of benzene rings is 1. The van der Waals surface area contributed by atoms with Crippen LogP contribution < -0.4 is 15.5 Å². The van der Waals surface area contributed by atoms with E-state index in [1.807, 2.05) is 46.0 Å². The number of rotatable bonds is 1. The van der Waals surface area contributed by atoms with E-state index in [4.69, 9.17) is 10.5 Å². The first-order valence-corrected chi connectivity index (χ1v) is 6.86. The Morgan fingerprint density at radius 1 is 1.30 bits per heavy atom. The maximum Gasteiger partial charge on any atom is 0.414 e. The molecule has 0 aromatic heterocycles. The standard InChI is InChI=1S/C15H23N3O2/c1-15(2,3)20-14(19)18-8-7-17(4)12-6-5-11(10-16)9-13(12)18/h5-6,9H,7-8,10,16H2,1-4H3. The van der Waals surface area contributed by atoms with Crippen LogP contribution in [0.3, 0.4) is 0 Å². The van der Waals surface area contributed by atoms with Gasteiger partial charge in [-0.25, -0.2) is 4.79 Å². The second-order valence-electron chi connectivity index (χ2n) is 6.08. The van der Waals surface area contributed by atoms with Crippen molar-refractivity contribution in [2.24, 2.45) is 5.73 Å². The van der Waals surface area contributed by atoms with Crippen LogP contribution in [0.1, 0.15) is 26.3 Å². The van der Waals surface area contributed by atoms with Gasteiger partial charge in [-0.3, -0.25) is 4.90 Å². The van der Waals surface area contributed by atoms with E-state index in [-0.39, 0.29) is 6.09 Å². The van der Waals surface area contributed by atoms with Gasteiger partial charge in [0, 0.05) is 26.7 Å². The summed E-state index contributed by atoms with van der Waals surface area (Å²) >= 11 is 0. The second-order valence-corrected chi connectivity index (χ2v) is 6.08. The molecule has 0 fully saturated rings. The molecular weight excluding hydrogens is 254 g/mol. The number of carbonyl (C=O) groups excluding carboxylic acids is 1. The summed E-state index contributed by atoms with van der Waals surface area (Å²) < 4.78 is 5.48. The van der Waals surface area contributed by atoms with Crippen LogP contribution in [0.5, 0.6) is 0 Å². The Morgan fingerprint density at radius 2 is 2.00 bits per heavy atom. The molecule has 1 aliphatic heterocycles. The van der Waals surface area contributed by atoms with Crippen LogP contribution in [0.25, 0.3) is 0 Å². The van der Waals surface area contributed by atoms with Crippen LogP contribution in [0.4, 0.5) is 16.2 Å². The van der Waals surface area contributed by atoms with Crippen molar-refractivity contribution >= 4 is 17.5 Å². The minimum absolute atomic E-state index is 0.305. The Labute approximate surface area is 120 Å². The van der Waals surface area contributed by atoms with Crippen LogP contribution in [0, 0.1) is 0 Å². The summed E-state index contributed by atoms with van der Waals surface area (Å²) in [6.45, 7) is 7.48. The number of likely N-dealkylation sites (N-methyl/N-ethyl adjacent to an activating group) is 1. The van der Waals surface area contributed by atoms with Gasteiger partial charge in [-0.2, -0.15) is 0 Å². The van der Waals surface area contributed by atoms with E-state index in [0.717, 1.165) is 23.5 Å². The summed E-state index contributed by atoms with van der Waals surface area (Å²) in [5, 5.41) is 0. The average molecular weight is 277 g/mol. The maximum atomic E-state index is 12.3. The molecule has 1 heterocycles. The molecule has 0 atom stereocenters. The minimum atomic E-state index is -0.494. The van der Waals surface area contributed by atoms with Crippen molar-refractivity contribution < 1.29 is 9.53 Å². The van der Waals surface area contributed by atoms with E-state index in [0.29, 0.717) is 13.1 Å². The summed E-state index contributed by atoms with van der Waals surface area (Å²) in [4.78, 5) is 16.2. The van der Waals surface area contributed by atoms with Crippen molar-refractivity contribution in [3.05, 3.63) is 23.8 Å². The van der Waals surface area contributed by atoms with Gasteiger partial charge < -0.3 is 15.4 Å². The van der Waals surface area contributed by atoms with Gasteiger partial charge >= 0.3 is 6.09 Å². The topological polar surface area (TPSA) is 58.8 Å². The quantitative estimate of drug-likeness (QED) is 0.856. The molecule has 2 rings (SSSR count). The van der Waals surface area contributed by atoms with Gasteiger partial charge in [0.25, 0.3) is 0 Å². The Morgan fingerprint density at radius 3 is 2.60 bits per heavy atom. The number of hydrogen-bond acceptors (Lipinski definition) is 4. The highest BCUT2D eigenvalue weighted by Crippen LogP contribution is 2.34. The molecule has 0 saturated carbocycles. The van der Waals surface area contributed by atoms with Crippen molar-refractivity contribution in [3.8, 4) is 0 Å². The first kappa shape index (κ1) is 14.7. The molecule has 1 amide bonds. The number of anilines is 2. The zero-order chi connectivity index (χ0) is 14.9. The Bertz CT molecular complexity index is 508. The number of ether oxygens (including phenoxy) is 1. The first-order valence-electron chi connectivity index (χ1n) is 6.86. The molecule has 0 bridgehead atoms. The molecule has 0 radical (unpaired) electrons. The molecule has 0 saturated heterocycles. The maximum absolute atomic E-state index is 12.3. The fraction of sp³-hybridized carbons (Fsp3) is 0.533. The fourth-order valence-electron chi connectivity index (χ4n) is 2.23. The summed E-state index contributed by atoms with van der Waals surface area (Å²) in [6, 6.07) is 5.97. The Kier molecular flexibility index (Phi) is 3.90. The smallest absolute Gasteiger partial charge is 0.414 e. The summed E-state index contributed by atoms with van der Waals surface area (Å²) in [7, 11) is 2.02. The third-order valence-electron chi connectivity index (χ3n) is 3.25. The Hall–Kier alpha value is -1.75. The SMILES string of the molecule is CN1CCN(C(=O)OC(C)(C)C)c2cc(CN)ccc21. The summed E-state index contributed by atoms with van der Waals surface area (Å²) in [5.74, 6) is 0. The van der Waals surface area contributed by atoms with E-state index in [1.54, 1.807) is 4.90 Å². The molecule has 110 valence electrons. The van der Waals surface area contributed by atoms with E-state index in [2.05, 4.69) is 4.90 Å². The zero-order valence-electron chi connectivity index (χ0n) is 12.6. The highest BCUT2D eigenvalue weighted by Gasteiger charge is 2.29. The van der Waals surface area contributed by atoms with Crippen molar-refractivity contribution in [2.75, 3.05) is 29.9 Å². The molecule has 20 heavy (non-hydrogen) atoms. The first-order chi connectivity index (χ1) is 9.31. The van der Waals surface area contributed by atoms with Crippen LogP contribution >= 0.6 is 0 Å². The van der Waals surface area contributed by atoms with Crippen LogP contribution in [-0.4, -0.2) is 31.8 Å². The molecule has 1 aromatic carbocycles. The average Bonchev–Trinajstić information content (AvgIpc) is 2.36. The zero-order valence-corrected chi connectivity index (χ0v) is 12.6. The van der Waals surface area contributed by atoms with Gasteiger partial charge in [0.15, 0.2) is 0 Å². The summed E-state index contributed by atoms with van der Waals surface area (Å²) in [5.41, 5.74) is 8.10. The highest BCUT2D eigenvalue weighted by atomic mass is 16.6. The Balaban J connectivity index is 2.34. The van der Waals surface area contributed by atoms with Gasteiger partial charge in [-0.05, 0) is 38.5 Å². The molecule has 2 N–H and O–H groups in total. The van der Waals surface area contributed by atoms with Gasteiger partial charge in [0.05, 0.1) is 11.4 Å². The molecule has 5 heteroatoms. The molecule has 0 spiro atoms. The third-order valence-corrected chi connectivity index (χ3v) is 3.25. The number of carbonyl (C=O) groups is 1. The van der Waals surface area contributed by atoms with Gasteiger partial charge in [-0.15, -0.1) is 0 Å². The lowest BCUT2D eigenvalue weighted by atomic mass is 10.1. The lowest BCUT2D eigenvalue weighted by Crippen LogP contribution is -2.45. The number of hydrogen-bond donors (Lipinski definition) is 1. The van der Waals surface area contributed by atoms with Crippen LogP contribution in [0.2, 0.25) is 0 Å². The summed E-state index contributed by atoms with van der Waals surface area (Å²) in [6.07, 6.45) is -0.305. The monoisotopic (exact) mass is 277 g/mol. The van der Waals surface area contributed by atoms with Crippen molar-refractivity contribution in [1.82, 2.24) is 0 Å². The van der Waals surface area contributed by atoms with E-state index in [1.165, 1.54) is 0 Å². The predicted molar refractivity (Wildman–Crippen MR) is 81.2 cm³/mol. The van der Waals surface area contributed by atoms with E-state index < -0.39 is 5.60 Å². The van der Waals surface area contributed by atoms with E-state index >= 15 is 0 Å². The largest absolute Gasteiger partial charge is 0.443 e. The number of nitrogens with zero attached hydrogens (tertiary/aromatic N) is 2. The number of nitrogens with two attached hydrogens (primary N) is 1. The van der Waals surface area contributed by atoms with Crippen LogP contribution in [-0.2, 0) is 11.3 Å². The molecule has 0 aliphatic carbocycles. The highest BCUT2D eigenvalue weighted by molar-refractivity contribution is 5.94. The molecular formula is C15H23N3O2. The second kappa shape index (κ2) is 5.32. The van der Waals surface area contributed by atoms with Gasteiger partial charge in [-0.1, -0.05) is 6.07 Å². The molecule has 1 aliphatic rings.